The minimum absolute atomic E-state index is 0.420. The summed E-state index contributed by atoms with van der Waals surface area (Å²) < 4.78 is 0. The van der Waals surface area contributed by atoms with E-state index >= 15 is 0 Å². The minimum Gasteiger partial charge on any atom is -0.480 e. The van der Waals surface area contributed by atoms with Crippen molar-refractivity contribution >= 4 is 17.7 Å². The van der Waals surface area contributed by atoms with Gasteiger partial charge in [-0.2, -0.15) is 11.8 Å². The van der Waals surface area contributed by atoms with Crippen molar-refractivity contribution in [2.45, 2.75) is 19.4 Å². The average molecular weight is 177 g/mol. The van der Waals surface area contributed by atoms with Crippen LogP contribution in [0.15, 0.2) is 0 Å². The van der Waals surface area contributed by atoms with E-state index in [0.717, 1.165) is 18.7 Å². The van der Waals surface area contributed by atoms with Crippen LogP contribution in [0.2, 0.25) is 0 Å². The highest BCUT2D eigenvalue weighted by Crippen LogP contribution is 1.93. The molecule has 0 aliphatic heterocycles. The number of carboxylic acid groups (broad SMARTS) is 1. The summed E-state index contributed by atoms with van der Waals surface area (Å²) in [5.41, 5.74) is 0. The fourth-order valence-corrected chi connectivity index (χ4v) is 1.06. The van der Waals surface area contributed by atoms with Gasteiger partial charge >= 0.3 is 5.97 Å². The summed E-state index contributed by atoms with van der Waals surface area (Å²) in [6.07, 6.45) is 3.07. The average Bonchev–Trinajstić information content (AvgIpc) is 1.97. The van der Waals surface area contributed by atoms with E-state index in [1.54, 1.807) is 18.7 Å². The quantitative estimate of drug-likeness (QED) is 0.589. The molecular formula is C7H15NO2S. The second kappa shape index (κ2) is 6.49. The molecule has 1 atom stereocenters. The lowest BCUT2D eigenvalue weighted by Gasteiger charge is -2.07. The molecule has 2 N–H and O–H groups in total. The van der Waals surface area contributed by atoms with Crippen LogP contribution in [0.25, 0.3) is 0 Å². The van der Waals surface area contributed by atoms with Gasteiger partial charge in [-0.25, -0.2) is 0 Å². The molecule has 0 aliphatic carbocycles. The molecule has 0 unspecified atom stereocenters. The topological polar surface area (TPSA) is 49.3 Å². The Morgan fingerprint density at radius 2 is 2.36 bits per heavy atom. The molecule has 0 aromatic rings. The zero-order chi connectivity index (χ0) is 8.69. The summed E-state index contributed by atoms with van der Waals surface area (Å²) in [5.74, 6) is 0.299. The van der Waals surface area contributed by atoms with Crippen molar-refractivity contribution in [1.82, 2.24) is 5.32 Å². The Morgan fingerprint density at radius 1 is 1.73 bits per heavy atom. The van der Waals surface area contributed by atoms with E-state index in [4.69, 9.17) is 5.11 Å². The Balaban J connectivity index is 3.17. The maximum atomic E-state index is 10.3. The van der Waals surface area contributed by atoms with E-state index in [1.165, 1.54) is 0 Å². The maximum absolute atomic E-state index is 10.3. The summed E-state index contributed by atoms with van der Waals surface area (Å²) in [6.45, 7) is 2.44. The Morgan fingerprint density at radius 3 is 2.82 bits per heavy atom. The van der Waals surface area contributed by atoms with Gasteiger partial charge in [-0.1, -0.05) is 0 Å². The third-order valence-electron chi connectivity index (χ3n) is 1.35. The largest absolute Gasteiger partial charge is 0.480 e. The van der Waals surface area contributed by atoms with Crippen LogP contribution in [0.1, 0.15) is 13.3 Å². The number of carbonyl (C=O) groups is 1. The van der Waals surface area contributed by atoms with Crippen LogP contribution < -0.4 is 5.32 Å². The van der Waals surface area contributed by atoms with Crippen LogP contribution in [0, 0.1) is 0 Å². The van der Waals surface area contributed by atoms with Gasteiger partial charge in [0.2, 0.25) is 0 Å². The first-order valence-corrected chi connectivity index (χ1v) is 5.03. The van der Waals surface area contributed by atoms with Crippen LogP contribution in [0.5, 0.6) is 0 Å². The standard InChI is InChI=1S/C7H15NO2S/c1-6(7(9)10)8-4-3-5-11-2/h6,8H,3-5H2,1-2H3,(H,9,10)/t6-/m1/s1. The van der Waals surface area contributed by atoms with E-state index < -0.39 is 12.0 Å². The number of rotatable bonds is 6. The SMILES string of the molecule is CSCCCN[C@H](C)C(=O)O. The fraction of sp³-hybridized carbons (Fsp3) is 0.857. The second-order valence-corrected chi connectivity index (χ2v) is 3.35. The molecule has 0 amide bonds. The molecule has 0 spiro atoms. The van der Waals surface area contributed by atoms with Crippen molar-refractivity contribution in [3.8, 4) is 0 Å². The van der Waals surface area contributed by atoms with Crippen LogP contribution >= 0.6 is 11.8 Å². The molecule has 0 fully saturated rings. The zero-order valence-electron chi connectivity index (χ0n) is 6.96. The molecule has 0 heterocycles. The van der Waals surface area contributed by atoms with E-state index in [9.17, 15) is 4.79 Å². The van der Waals surface area contributed by atoms with Gasteiger partial charge in [0, 0.05) is 0 Å². The number of hydrogen-bond donors (Lipinski definition) is 2. The first kappa shape index (κ1) is 10.8. The lowest BCUT2D eigenvalue weighted by atomic mass is 10.3. The number of carboxylic acids is 1. The van der Waals surface area contributed by atoms with Gasteiger partial charge in [0.05, 0.1) is 0 Å². The molecule has 0 aromatic heterocycles. The van der Waals surface area contributed by atoms with Crippen molar-refractivity contribution in [2.75, 3.05) is 18.6 Å². The van der Waals surface area contributed by atoms with Crippen molar-refractivity contribution in [2.24, 2.45) is 0 Å². The van der Waals surface area contributed by atoms with Crippen molar-refractivity contribution < 1.29 is 9.90 Å². The van der Waals surface area contributed by atoms with Crippen molar-refractivity contribution in [3.63, 3.8) is 0 Å². The number of nitrogens with one attached hydrogen (secondary N) is 1. The zero-order valence-corrected chi connectivity index (χ0v) is 7.78. The van der Waals surface area contributed by atoms with Gasteiger partial charge < -0.3 is 10.4 Å². The fourth-order valence-electron chi connectivity index (χ4n) is 0.622. The molecular weight excluding hydrogens is 162 g/mol. The van der Waals surface area contributed by atoms with E-state index in [-0.39, 0.29) is 0 Å². The molecule has 4 heteroatoms. The Bertz CT molecular complexity index is 119. The van der Waals surface area contributed by atoms with Gasteiger partial charge in [-0.3, -0.25) is 4.79 Å². The summed E-state index contributed by atoms with van der Waals surface area (Å²) >= 11 is 1.77. The number of hydrogen-bond acceptors (Lipinski definition) is 3. The molecule has 0 aromatic carbocycles. The van der Waals surface area contributed by atoms with Gasteiger partial charge in [0.15, 0.2) is 0 Å². The molecule has 3 nitrogen and oxygen atoms in total. The predicted octanol–water partition coefficient (Wildman–Crippen LogP) is 0.802. The van der Waals surface area contributed by atoms with Gasteiger partial charge in [0.25, 0.3) is 0 Å². The Hall–Kier alpha value is -0.220. The summed E-state index contributed by atoms with van der Waals surface area (Å²) in [6, 6.07) is -0.420. The molecule has 0 aliphatic rings. The van der Waals surface area contributed by atoms with E-state index in [0.29, 0.717) is 0 Å². The van der Waals surface area contributed by atoms with Crippen LogP contribution in [-0.4, -0.2) is 35.7 Å². The van der Waals surface area contributed by atoms with Gasteiger partial charge in [-0.15, -0.1) is 0 Å². The molecule has 0 bridgehead atoms. The Kier molecular flexibility index (Phi) is 6.36. The smallest absolute Gasteiger partial charge is 0.320 e. The monoisotopic (exact) mass is 177 g/mol. The molecule has 0 radical (unpaired) electrons. The highest BCUT2D eigenvalue weighted by molar-refractivity contribution is 7.98. The molecule has 0 saturated heterocycles. The van der Waals surface area contributed by atoms with E-state index in [1.807, 2.05) is 6.26 Å². The summed E-state index contributed by atoms with van der Waals surface area (Å²) in [4.78, 5) is 10.3. The minimum atomic E-state index is -0.783. The van der Waals surface area contributed by atoms with Crippen molar-refractivity contribution in [1.29, 1.82) is 0 Å². The summed E-state index contributed by atoms with van der Waals surface area (Å²) in [5, 5.41) is 11.4. The summed E-state index contributed by atoms with van der Waals surface area (Å²) in [7, 11) is 0. The van der Waals surface area contributed by atoms with Gasteiger partial charge in [0.1, 0.15) is 6.04 Å². The first-order chi connectivity index (χ1) is 5.18. The van der Waals surface area contributed by atoms with Crippen LogP contribution in [-0.2, 0) is 4.79 Å². The van der Waals surface area contributed by atoms with Crippen molar-refractivity contribution in [3.05, 3.63) is 0 Å². The highest BCUT2D eigenvalue weighted by Gasteiger charge is 2.07. The predicted molar refractivity (Wildman–Crippen MR) is 48.1 cm³/mol. The van der Waals surface area contributed by atoms with Gasteiger partial charge in [-0.05, 0) is 31.9 Å². The third-order valence-corrected chi connectivity index (χ3v) is 2.04. The number of aliphatic carboxylic acids is 1. The molecule has 66 valence electrons. The van der Waals surface area contributed by atoms with Crippen LogP contribution in [0.3, 0.4) is 0 Å². The Labute approximate surface area is 71.6 Å². The highest BCUT2D eigenvalue weighted by atomic mass is 32.2. The maximum Gasteiger partial charge on any atom is 0.320 e. The van der Waals surface area contributed by atoms with Crippen LogP contribution in [0.4, 0.5) is 0 Å². The number of thioether (sulfide) groups is 1. The third kappa shape index (κ3) is 6.19. The normalized spacial score (nSPS) is 12.9. The lowest BCUT2D eigenvalue weighted by Crippen LogP contribution is -2.34. The van der Waals surface area contributed by atoms with E-state index in [2.05, 4.69) is 5.32 Å². The first-order valence-electron chi connectivity index (χ1n) is 3.63. The molecule has 0 saturated carbocycles. The second-order valence-electron chi connectivity index (χ2n) is 2.36. The lowest BCUT2D eigenvalue weighted by molar-refractivity contribution is -0.138. The molecule has 11 heavy (non-hydrogen) atoms. The molecule has 0 rings (SSSR count).